The highest BCUT2D eigenvalue weighted by Crippen LogP contribution is 2.30. The van der Waals surface area contributed by atoms with Crippen molar-refractivity contribution >= 4 is 29.1 Å². The van der Waals surface area contributed by atoms with Crippen molar-refractivity contribution in [2.75, 3.05) is 13.1 Å². The molecule has 2 rings (SSSR count). The Morgan fingerprint density at radius 3 is 2.47 bits per heavy atom. The van der Waals surface area contributed by atoms with E-state index in [0.717, 1.165) is 31.5 Å². The Bertz CT molecular complexity index is 471. The quantitative estimate of drug-likeness (QED) is 0.931. The molecule has 1 saturated heterocycles. The molecule has 104 valence electrons. The summed E-state index contributed by atoms with van der Waals surface area (Å²) in [6.07, 6.45) is 1.67. The lowest BCUT2D eigenvalue weighted by atomic mass is 9.94. The molecule has 1 aromatic rings. The van der Waals surface area contributed by atoms with Gasteiger partial charge in [-0.3, -0.25) is 9.69 Å². The summed E-state index contributed by atoms with van der Waals surface area (Å²) in [7, 11) is 0. The average Bonchev–Trinajstić information content (AvgIpc) is 2.41. The number of hydrogen-bond acceptors (Lipinski definition) is 2. The first-order chi connectivity index (χ1) is 8.99. The van der Waals surface area contributed by atoms with Gasteiger partial charge in [-0.05, 0) is 50.6 Å². The fourth-order valence-corrected chi connectivity index (χ4v) is 2.86. The van der Waals surface area contributed by atoms with Gasteiger partial charge in [-0.1, -0.05) is 29.3 Å². The SMILES string of the molecule is CC(c1ccc(Cl)c(Cl)c1)N1CCC(C(N)=O)CC1. The molecule has 19 heavy (non-hydrogen) atoms. The third-order valence-electron chi connectivity index (χ3n) is 3.91. The van der Waals surface area contributed by atoms with E-state index in [1.54, 1.807) is 0 Å². The molecule has 0 spiro atoms. The predicted octanol–water partition coefficient (Wildman–Crippen LogP) is 3.25. The van der Waals surface area contributed by atoms with E-state index in [1.807, 2.05) is 18.2 Å². The van der Waals surface area contributed by atoms with E-state index in [9.17, 15) is 4.79 Å². The number of amides is 1. The largest absolute Gasteiger partial charge is 0.369 e. The van der Waals surface area contributed by atoms with Crippen LogP contribution in [0.4, 0.5) is 0 Å². The van der Waals surface area contributed by atoms with Crippen LogP contribution in [0.15, 0.2) is 18.2 Å². The molecule has 2 N–H and O–H groups in total. The Kier molecular flexibility index (Phi) is 4.71. The summed E-state index contributed by atoms with van der Waals surface area (Å²) in [4.78, 5) is 13.5. The number of benzene rings is 1. The molecule has 0 saturated carbocycles. The van der Waals surface area contributed by atoms with Gasteiger partial charge in [-0.2, -0.15) is 0 Å². The summed E-state index contributed by atoms with van der Waals surface area (Å²) < 4.78 is 0. The van der Waals surface area contributed by atoms with Gasteiger partial charge in [0.1, 0.15) is 0 Å². The highest BCUT2D eigenvalue weighted by atomic mass is 35.5. The zero-order valence-corrected chi connectivity index (χ0v) is 12.4. The number of primary amides is 1. The Morgan fingerprint density at radius 2 is 1.95 bits per heavy atom. The summed E-state index contributed by atoms with van der Waals surface area (Å²) in [6, 6.07) is 6.00. The van der Waals surface area contributed by atoms with Crippen LogP contribution in [-0.2, 0) is 4.79 Å². The van der Waals surface area contributed by atoms with Gasteiger partial charge in [0.25, 0.3) is 0 Å². The topological polar surface area (TPSA) is 46.3 Å². The fourth-order valence-electron chi connectivity index (χ4n) is 2.55. The number of nitrogens with two attached hydrogens (primary N) is 1. The minimum Gasteiger partial charge on any atom is -0.369 e. The molecule has 0 aliphatic carbocycles. The number of hydrogen-bond donors (Lipinski definition) is 1. The van der Waals surface area contributed by atoms with Crippen LogP contribution in [0.25, 0.3) is 0 Å². The molecule has 1 aliphatic rings. The lowest BCUT2D eigenvalue weighted by Crippen LogP contribution is -2.39. The molecule has 5 heteroatoms. The van der Waals surface area contributed by atoms with Crippen molar-refractivity contribution in [3.8, 4) is 0 Å². The molecule has 0 bridgehead atoms. The van der Waals surface area contributed by atoms with Crippen molar-refractivity contribution in [1.82, 2.24) is 4.90 Å². The molecular formula is C14H18Cl2N2O. The Hall–Kier alpha value is -0.770. The van der Waals surface area contributed by atoms with E-state index in [4.69, 9.17) is 28.9 Å². The molecule has 1 fully saturated rings. The Morgan fingerprint density at radius 1 is 1.32 bits per heavy atom. The number of carbonyl (C=O) groups excluding carboxylic acids is 1. The summed E-state index contributed by atoms with van der Waals surface area (Å²) in [6.45, 7) is 3.91. The van der Waals surface area contributed by atoms with Crippen LogP contribution in [0.5, 0.6) is 0 Å². The highest BCUT2D eigenvalue weighted by molar-refractivity contribution is 6.42. The number of piperidine rings is 1. The van der Waals surface area contributed by atoms with Crippen LogP contribution in [0.2, 0.25) is 10.0 Å². The molecule has 1 atom stereocenters. The molecule has 1 amide bonds. The lowest BCUT2D eigenvalue weighted by Gasteiger charge is -2.35. The van der Waals surface area contributed by atoms with Crippen molar-refractivity contribution in [3.05, 3.63) is 33.8 Å². The van der Waals surface area contributed by atoms with Gasteiger partial charge in [-0.25, -0.2) is 0 Å². The third kappa shape index (κ3) is 3.41. The van der Waals surface area contributed by atoms with Crippen molar-refractivity contribution in [3.63, 3.8) is 0 Å². The molecule has 1 aromatic carbocycles. The molecular weight excluding hydrogens is 283 g/mol. The van der Waals surface area contributed by atoms with Gasteiger partial charge >= 0.3 is 0 Å². The maximum Gasteiger partial charge on any atom is 0.220 e. The standard InChI is InChI=1S/C14H18Cl2N2O/c1-9(11-2-3-12(15)13(16)8-11)18-6-4-10(5-7-18)14(17)19/h2-3,8-10H,4-7H2,1H3,(H2,17,19). The first-order valence-corrected chi connectivity index (χ1v) is 7.23. The van der Waals surface area contributed by atoms with E-state index in [0.29, 0.717) is 10.0 Å². The van der Waals surface area contributed by atoms with Gasteiger partial charge in [-0.15, -0.1) is 0 Å². The number of halogens is 2. The third-order valence-corrected chi connectivity index (χ3v) is 4.64. The van der Waals surface area contributed by atoms with Crippen molar-refractivity contribution < 1.29 is 4.79 Å². The van der Waals surface area contributed by atoms with Crippen LogP contribution < -0.4 is 5.73 Å². The normalized spacial score (nSPS) is 19.3. The summed E-state index contributed by atoms with van der Waals surface area (Å²) in [5.74, 6) is -0.154. The smallest absolute Gasteiger partial charge is 0.220 e. The fraction of sp³-hybridized carbons (Fsp3) is 0.500. The first-order valence-electron chi connectivity index (χ1n) is 6.47. The van der Waals surface area contributed by atoms with Gasteiger partial charge in [0.05, 0.1) is 10.0 Å². The molecule has 0 radical (unpaired) electrons. The van der Waals surface area contributed by atoms with Crippen LogP contribution in [0, 0.1) is 5.92 Å². The molecule has 0 aromatic heterocycles. The maximum atomic E-state index is 11.2. The number of rotatable bonds is 3. The predicted molar refractivity (Wildman–Crippen MR) is 78.4 cm³/mol. The minimum atomic E-state index is -0.179. The number of likely N-dealkylation sites (tertiary alicyclic amines) is 1. The van der Waals surface area contributed by atoms with E-state index in [-0.39, 0.29) is 17.9 Å². The van der Waals surface area contributed by atoms with Crippen molar-refractivity contribution in [2.24, 2.45) is 11.7 Å². The first kappa shape index (κ1) is 14.6. The van der Waals surface area contributed by atoms with E-state index in [1.165, 1.54) is 0 Å². The Balaban J connectivity index is 2.02. The highest BCUT2D eigenvalue weighted by Gasteiger charge is 2.26. The number of carbonyl (C=O) groups is 1. The zero-order valence-electron chi connectivity index (χ0n) is 10.9. The second-order valence-corrected chi connectivity index (χ2v) is 5.88. The summed E-state index contributed by atoms with van der Waals surface area (Å²) >= 11 is 12.0. The van der Waals surface area contributed by atoms with Gasteiger partial charge < -0.3 is 5.73 Å². The van der Waals surface area contributed by atoms with Crippen LogP contribution in [0.1, 0.15) is 31.4 Å². The van der Waals surface area contributed by atoms with Gasteiger partial charge in [0.2, 0.25) is 5.91 Å². The lowest BCUT2D eigenvalue weighted by molar-refractivity contribution is -0.123. The van der Waals surface area contributed by atoms with Crippen molar-refractivity contribution in [1.29, 1.82) is 0 Å². The minimum absolute atomic E-state index is 0.0252. The van der Waals surface area contributed by atoms with Crippen LogP contribution >= 0.6 is 23.2 Å². The monoisotopic (exact) mass is 300 g/mol. The molecule has 3 nitrogen and oxygen atoms in total. The van der Waals surface area contributed by atoms with E-state index >= 15 is 0 Å². The van der Waals surface area contributed by atoms with Crippen LogP contribution in [-0.4, -0.2) is 23.9 Å². The van der Waals surface area contributed by atoms with Crippen molar-refractivity contribution in [2.45, 2.75) is 25.8 Å². The van der Waals surface area contributed by atoms with E-state index < -0.39 is 0 Å². The second-order valence-electron chi connectivity index (χ2n) is 5.06. The van der Waals surface area contributed by atoms with Gasteiger partial charge in [0, 0.05) is 12.0 Å². The number of nitrogens with zero attached hydrogens (tertiary/aromatic N) is 1. The molecule has 1 aliphatic heterocycles. The van der Waals surface area contributed by atoms with Crippen LogP contribution in [0.3, 0.4) is 0 Å². The Labute approximate surface area is 123 Å². The summed E-state index contributed by atoms with van der Waals surface area (Å²) in [5, 5.41) is 1.16. The zero-order chi connectivity index (χ0) is 14.0. The second kappa shape index (κ2) is 6.12. The molecule has 1 unspecified atom stereocenters. The summed E-state index contributed by atoms with van der Waals surface area (Å²) in [5.41, 5.74) is 6.49. The van der Waals surface area contributed by atoms with E-state index in [2.05, 4.69) is 11.8 Å². The average molecular weight is 301 g/mol. The van der Waals surface area contributed by atoms with Gasteiger partial charge in [0.15, 0.2) is 0 Å². The molecule has 1 heterocycles. The maximum absolute atomic E-state index is 11.2.